The molecule has 3 rings (SSSR count). The lowest BCUT2D eigenvalue weighted by atomic mass is 9.63. The topological polar surface area (TPSA) is 69.7 Å². The molecule has 154 valence electrons. The Labute approximate surface area is 168 Å². The van der Waals surface area contributed by atoms with Crippen molar-refractivity contribution >= 4 is 16.1 Å². The van der Waals surface area contributed by atoms with Crippen molar-refractivity contribution in [3.63, 3.8) is 0 Å². The molecule has 0 unspecified atom stereocenters. The molecule has 6 heteroatoms. The fourth-order valence-corrected chi connectivity index (χ4v) is 5.89. The molecule has 1 aromatic carbocycles. The average Bonchev–Trinajstić information content (AvgIpc) is 2.98. The Morgan fingerprint density at radius 2 is 1.96 bits per heavy atom. The second kappa shape index (κ2) is 7.99. The maximum absolute atomic E-state index is 12.5. The number of aryl methyl sites for hydroxylation is 1. The summed E-state index contributed by atoms with van der Waals surface area (Å²) in [7, 11) is -3.77. The zero-order valence-electron chi connectivity index (χ0n) is 17.1. The van der Waals surface area contributed by atoms with Crippen molar-refractivity contribution in [3.05, 3.63) is 41.5 Å². The highest BCUT2D eigenvalue weighted by Crippen LogP contribution is 2.55. The number of hydrogen-bond donors (Lipinski definition) is 0. The summed E-state index contributed by atoms with van der Waals surface area (Å²) in [6.07, 6.45) is 5.92. The summed E-state index contributed by atoms with van der Waals surface area (Å²) in [6, 6.07) is 6.68. The molecule has 1 aromatic rings. The van der Waals surface area contributed by atoms with E-state index in [1.165, 1.54) is 12.5 Å². The van der Waals surface area contributed by atoms with E-state index in [-0.39, 0.29) is 40.8 Å². The van der Waals surface area contributed by atoms with Crippen LogP contribution >= 0.6 is 0 Å². The first-order valence-corrected chi connectivity index (χ1v) is 11.4. The molecule has 0 N–H and O–H groups in total. The van der Waals surface area contributed by atoms with E-state index in [9.17, 15) is 13.2 Å². The molecule has 0 radical (unpaired) electrons. The number of rotatable bonds is 6. The van der Waals surface area contributed by atoms with Gasteiger partial charge < -0.3 is 4.74 Å². The minimum Gasteiger partial charge on any atom is -0.462 e. The second-order valence-corrected chi connectivity index (χ2v) is 10.0. The number of hydrogen-bond acceptors (Lipinski definition) is 5. The van der Waals surface area contributed by atoms with Crippen LogP contribution in [0.25, 0.3) is 0 Å². The molecular weight excluding hydrogens is 376 g/mol. The van der Waals surface area contributed by atoms with Crippen LogP contribution in [-0.4, -0.2) is 27.1 Å². The Bertz CT molecular complexity index is 855. The summed E-state index contributed by atoms with van der Waals surface area (Å²) in [5, 5.41) is 0. The fourth-order valence-electron chi connectivity index (χ4n) is 4.90. The molecule has 4 atom stereocenters. The van der Waals surface area contributed by atoms with Gasteiger partial charge in [-0.15, -0.1) is 0 Å². The standard InChI is InChI=1S/C22H30O5S/c1-15-7-9-18(10-8-15)28(24,25)26-14-16(2)19-11-12-20-21(27-17(3)23)6-5-13-22(19,20)4/h7-11,16,20-21H,5-6,12-14H2,1-4H3/t16-,20-,21-,22+/m0/s1. The van der Waals surface area contributed by atoms with E-state index in [2.05, 4.69) is 13.0 Å². The van der Waals surface area contributed by atoms with Gasteiger partial charge in [0, 0.05) is 18.8 Å². The first-order valence-electron chi connectivity index (χ1n) is 9.97. The van der Waals surface area contributed by atoms with Crippen LogP contribution in [0.5, 0.6) is 0 Å². The summed E-state index contributed by atoms with van der Waals surface area (Å²) < 4.78 is 36.0. The van der Waals surface area contributed by atoms with Crippen LogP contribution in [0.2, 0.25) is 0 Å². The highest BCUT2D eigenvalue weighted by molar-refractivity contribution is 7.86. The van der Waals surface area contributed by atoms with Gasteiger partial charge in [0.2, 0.25) is 0 Å². The minimum absolute atomic E-state index is 0.0219. The number of carbonyl (C=O) groups excluding carboxylic acids is 1. The molecular formula is C22H30O5S. The third-order valence-electron chi connectivity index (χ3n) is 6.33. The Morgan fingerprint density at radius 1 is 1.29 bits per heavy atom. The third-order valence-corrected chi connectivity index (χ3v) is 7.63. The van der Waals surface area contributed by atoms with Crippen molar-refractivity contribution in [2.45, 2.75) is 64.4 Å². The SMILES string of the molecule is CC(=O)O[C@H]1CCC[C@]2(C)C([C@@H](C)COS(=O)(=O)c3ccc(C)cc3)=CC[C@@H]12. The van der Waals surface area contributed by atoms with Crippen molar-refractivity contribution in [3.8, 4) is 0 Å². The number of ether oxygens (including phenoxy) is 1. The van der Waals surface area contributed by atoms with Crippen LogP contribution in [0, 0.1) is 24.2 Å². The lowest BCUT2D eigenvalue weighted by Gasteiger charge is -2.44. The number of esters is 1. The summed E-state index contributed by atoms with van der Waals surface area (Å²) in [5.41, 5.74) is 2.16. The Morgan fingerprint density at radius 3 is 2.61 bits per heavy atom. The van der Waals surface area contributed by atoms with Gasteiger partial charge in [-0.2, -0.15) is 8.42 Å². The summed E-state index contributed by atoms with van der Waals surface area (Å²) in [6.45, 7) is 7.72. The lowest BCUT2D eigenvalue weighted by Crippen LogP contribution is -2.41. The van der Waals surface area contributed by atoms with Crippen LogP contribution < -0.4 is 0 Å². The average molecular weight is 407 g/mol. The molecule has 1 fully saturated rings. The normalized spacial score (nSPS) is 28.4. The molecule has 2 aliphatic rings. The second-order valence-electron chi connectivity index (χ2n) is 8.41. The summed E-state index contributed by atoms with van der Waals surface area (Å²) in [4.78, 5) is 11.6. The molecule has 0 amide bonds. The minimum atomic E-state index is -3.77. The quantitative estimate of drug-likeness (QED) is 0.398. The predicted octanol–water partition coefficient (Wildman–Crippen LogP) is 4.40. The maximum Gasteiger partial charge on any atom is 0.302 e. The molecule has 0 bridgehead atoms. The molecule has 28 heavy (non-hydrogen) atoms. The van der Waals surface area contributed by atoms with Crippen molar-refractivity contribution < 1.29 is 22.1 Å². The van der Waals surface area contributed by atoms with Crippen molar-refractivity contribution in [2.24, 2.45) is 17.3 Å². The number of benzene rings is 1. The lowest BCUT2D eigenvalue weighted by molar-refractivity contribution is -0.153. The molecule has 0 spiro atoms. The number of fused-ring (bicyclic) bond motifs is 1. The van der Waals surface area contributed by atoms with E-state index in [0.29, 0.717) is 0 Å². The van der Waals surface area contributed by atoms with Crippen molar-refractivity contribution in [1.29, 1.82) is 0 Å². The van der Waals surface area contributed by atoms with E-state index in [4.69, 9.17) is 8.92 Å². The van der Waals surface area contributed by atoms with Crippen LogP contribution in [0.3, 0.4) is 0 Å². The molecule has 2 aliphatic carbocycles. The molecule has 0 saturated heterocycles. The van der Waals surface area contributed by atoms with E-state index < -0.39 is 10.1 Å². The van der Waals surface area contributed by atoms with Gasteiger partial charge in [0.05, 0.1) is 11.5 Å². The first-order chi connectivity index (χ1) is 13.1. The van der Waals surface area contributed by atoms with Gasteiger partial charge in [-0.1, -0.05) is 43.2 Å². The van der Waals surface area contributed by atoms with E-state index >= 15 is 0 Å². The summed E-state index contributed by atoms with van der Waals surface area (Å²) in [5.74, 6) is 0.00544. The zero-order valence-corrected chi connectivity index (χ0v) is 17.9. The van der Waals surface area contributed by atoms with Crippen molar-refractivity contribution in [1.82, 2.24) is 0 Å². The van der Waals surface area contributed by atoms with E-state index in [1.807, 2.05) is 13.8 Å². The van der Waals surface area contributed by atoms with Gasteiger partial charge in [-0.3, -0.25) is 8.98 Å². The fraction of sp³-hybridized carbons (Fsp3) is 0.591. The zero-order chi connectivity index (χ0) is 20.5. The van der Waals surface area contributed by atoms with E-state index in [0.717, 1.165) is 31.2 Å². The van der Waals surface area contributed by atoms with Gasteiger partial charge in [0.25, 0.3) is 10.1 Å². The largest absolute Gasteiger partial charge is 0.462 e. The molecule has 0 aliphatic heterocycles. The molecule has 0 aromatic heterocycles. The van der Waals surface area contributed by atoms with Gasteiger partial charge in [-0.05, 0) is 50.2 Å². The van der Waals surface area contributed by atoms with Gasteiger partial charge >= 0.3 is 5.97 Å². The van der Waals surface area contributed by atoms with Crippen LogP contribution in [0.15, 0.2) is 40.8 Å². The van der Waals surface area contributed by atoms with Gasteiger partial charge in [0.15, 0.2) is 0 Å². The van der Waals surface area contributed by atoms with Crippen molar-refractivity contribution in [2.75, 3.05) is 6.61 Å². The summed E-state index contributed by atoms with van der Waals surface area (Å²) >= 11 is 0. The molecule has 1 saturated carbocycles. The first kappa shape index (κ1) is 21.1. The highest BCUT2D eigenvalue weighted by atomic mass is 32.2. The molecule has 0 heterocycles. The Kier molecular flexibility index (Phi) is 6.01. The number of carbonyl (C=O) groups is 1. The Balaban J connectivity index is 1.68. The predicted molar refractivity (Wildman–Crippen MR) is 107 cm³/mol. The van der Waals surface area contributed by atoms with Crippen LogP contribution in [0.4, 0.5) is 0 Å². The number of allylic oxidation sites excluding steroid dienone is 1. The van der Waals surface area contributed by atoms with Crippen LogP contribution in [-0.2, 0) is 23.8 Å². The van der Waals surface area contributed by atoms with Crippen LogP contribution in [0.1, 0.15) is 52.0 Å². The smallest absolute Gasteiger partial charge is 0.302 e. The van der Waals surface area contributed by atoms with E-state index in [1.54, 1.807) is 24.3 Å². The third kappa shape index (κ3) is 4.18. The van der Waals surface area contributed by atoms with Gasteiger partial charge in [-0.25, -0.2) is 0 Å². The van der Waals surface area contributed by atoms with Gasteiger partial charge in [0.1, 0.15) is 6.10 Å². The Hall–Kier alpha value is -1.66. The highest BCUT2D eigenvalue weighted by Gasteiger charge is 2.49. The monoisotopic (exact) mass is 406 g/mol. The maximum atomic E-state index is 12.5. The molecule has 5 nitrogen and oxygen atoms in total.